The van der Waals surface area contributed by atoms with Gasteiger partial charge in [0.2, 0.25) is 0 Å². The van der Waals surface area contributed by atoms with E-state index in [1.807, 2.05) is 16.8 Å². The SMILES string of the molecule is CC(C)n1ncnc1CC1(C#N)CCc2ccccc21. The first-order valence-electron chi connectivity index (χ1n) is 7.04. The van der Waals surface area contributed by atoms with Gasteiger partial charge in [-0.05, 0) is 37.8 Å². The average Bonchev–Trinajstić information content (AvgIpc) is 3.05. The Morgan fingerprint density at radius 3 is 2.95 bits per heavy atom. The molecule has 0 saturated carbocycles. The molecule has 1 unspecified atom stereocenters. The number of fused-ring (bicyclic) bond motifs is 1. The van der Waals surface area contributed by atoms with Crippen LogP contribution in [-0.4, -0.2) is 14.8 Å². The third-order valence-corrected chi connectivity index (χ3v) is 4.16. The van der Waals surface area contributed by atoms with Crippen LogP contribution in [0.3, 0.4) is 0 Å². The standard InChI is InChI=1S/C16H18N4/c1-12(2)20-15(18-11-19-20)9-16(10-17)8-7-13-5-3-4-6-14(13)16/h3-6,11-12H,7-9H2,1-2H3. The zero-order valence-corrected chi connectivity index (χ0v) is 11.9. The van der Waals surface area contributed by atoms with Gasteiger partial charge in [0.1, 0.15) is 12.2 Å². The van der Waals surface area contributed by atoms with Crippen molar-refractivity contribution in [1.29, 1.82) is 5.26 Å². The first-order chi connectivity index (χ1) is 9.66. The van der Waals surface area contributed by atoms with Crippen molar-refractivity contribution in [1.82, 2.24) is 14.8 Å². The molecule has 1 aliphatic rings. The molecule has 3 rings (SSSR count). The summed E-state index contributed by atoms with van der Waals surface area (Å²) in [5.41, 5.74) is 2.02. The minimum Gasteiger partial charge on any atom is -0.248 e. The van der Waals surface area contributed by atoms with E-state index >= 15 is 0 Å². The minimum absolute atomic E-state index is 0.264. The van der Waals surface area contributed by atoms with Crippen molar-refractivity contribution in [2.75, 3.05) is 0 Å². The molecule has 4 nitrogen and oxygen atoms in total. The van der Waals surface area contributed by atoms with Crippen molar-refractivity contribution >= 4 is 0 Å². The predicted molar refractivity (Wildman–Crippen MR) is 76.2 cm³/mol. The number of nitrogens with zero attached hydrogens (tertiary/aromatic N) is 4. The van der Waals surface area contributed by atoms with E-state index in [4.69, 9.17) is 0 Å². The molecule has 4 heteroatoms. The Hall–Kier alpha value is -2.15. The van der Waals surface area contributed by atoms with E-state index in [1.54, 1.807) is 6.33 Å². The Bertz CT molecular complexity index is 665. The van der Waals surface area contributed by atoms with Crippen molar-refractivity contribution in [2.24, 2.45) is 0 Å². The molecule has 1 atom stereocenters. The van der Waals surface area contributed by atoms with Crippen LogP contribution in [0.1, 0.15) is 43.3 Å². The van der Waals surface area contributed by atoms with Gasteiger partial charge in [-0.15, -0.1) is 0 Å². The molecular formula is C16H18N4. The molecule has 1 aromatic heterocycles. The Morgan fingerprint density at radius 2 is 2.20 bits per heavy atom. The number of aromatic nitrogens is 3. The molecule has 0 aliphatic heterocycles. The quantitative estimate of drug-likeness (QED) is 0.858. The van der Waals surface area contributed by atoms with Gasteiger partial charge < -0.3 is 0 Å². The van der Waals surface area contributed by atoms with Crippen LogP contribution in [0.25, 0.3) is 0 Å². The van der Waals surface area contributed by atoms with E-state index in [0.717, 1.165) is 18.7 Å². The number of hydrogen-bond acceptors (Lipinski definition) is 3. The van der Waals surface area contributed by atoms with Crippen LogP contribution in [0.2, 0.25) is 0 Å². The van der Waals surface area contributed by atoms with Gasteiger partial charge in [0, 0.05) is 12.5 Å². The van der Waals surface area contributed by atoms with Gasteiger partial charge in [0.25, 0.3) is 0 Å². The highest BCUT2D eigenvalue weighted by Gasteiger charge is 2.40. The lowest BCUT2D eigenvalue weighted by Gasteiger charge is -2.22. The van der Waals surface area contributed by atoms with Crippen molar-refractivity contribution in [3.05, 3.63) is 47.5 Å². The minimum atomic E-state index is -0.448. The number of aryl methyl sites for hydroxylation is 1. The molecule has 0 saturated heterocycles. The van der Waals surface area contributed by atoms with Gasteiger partial charge >= 0.3 is 0 Å². The van der Waals surface area contributed by atoms with Crippen molar-refractivity contribution in [3.63, 3.8) is 0 Å². The topological polar surface area (TPSA) is 54.5 Å². The van der Waals surface area contributed by atoms with Crippen LogP contribution < -0.4 is 0 Å². The fraction of sp³-hybridized carbons (Fsp3) is 0.438. The highest BCUT2D eigenvalue weighted by molar-refractivity contribution is 5.44. The number of benzene rings is 1. The van der Waals surface area contributed by atoms with Gasteiger partial charge in [0.15, 0.2) is 0 Å². The second-order valence-corrected chi connectivity index (χ2v) is 5.74. The van der Waals surface area contributed by atoms with E-state index in [2.05, 4.69) is 42.1 Å². The van der Waals surface area contributed by atoms with E-state index in [-0.39, 0.29) is 6.04 Å². The predicted octanol–water partition coefficient (Wildman–Crippen LogP) is 2.81. The van der Waals surface area contributed by atoms with Gasteiger partial charge in [-0.2, -0.15) is 10.4 Å². The highest BCUT2D eigenvalue weighted by atomic mass is 15.3. The Kier molecular flexibility index (Phi) is 3.06. The van der Waals surface area contributed by atoms with Crippen LogP contribution in [0.5, 0.6) is 0 Å². The summed E-state index contributed by atoms with van der Waals surface area (Å²) in [4.78, 5) is 4.37. The third kappa shape index (κ3) is 1.90. The molecule has 0 N–H and O–H groups in total. The summed E-state index contributed by atoms with van der Waals surface area (Å²) in [6.45, 7) is 4.17. The second kappa shape index (κ2) is 4.75. The van der Waals surface area contributed by atoms with E-state index in [9.17, 15) is 5.26 Å². The lowest BCUT2D eigenvalue weighted by atomic mass is 9.80. The van der Waals surface area contributed by atoms with Crippen LogP contribution >= 0.6 is 0 Å². The second-order valence-electron chi connectivity index (χ2n) is 5.74. The summed E-state index contributed by atoms with van der Waals surface area (Å²) < 4.78 is 1.92. The van der Waals surface area contributed by atoms with Gasteiger partial charge in [-0.3, -0.25) is 0 Å². The molecule has 1 heterocycles. The Labute approximate surface area is 119 Å². The molecular weight excluding hydrogens is 248 g/mol. The summed E-state index contributed by atoms with van der Waals surface area (Å²) in [6, 6.07) is 11.1. The maximum absolute atomic E-state index is 9.78. The maximum Gasteiger partial charge on any atom is 0.138 e. The molecule has 20 heavy (non-hydrogen) atoms. The molecule has 1 aromatic carbocycles. The normalized spacial score (nSPS) is 20.9. The average molecular weight is 266 g/mol. The number of nitriles is 1. The van der Waals surface area contributed by atoms with Crippen molar-refractivity contribution in [3.8, 4) is 6.07 Å². The summed E-state index contributed by atoms with van der Waals surface area (Å²) in [7, 11) is 0. The van der Waals surface area contributed by atoms with Crippen LogP contribution in [0.15, 0.2) is 30.6 Å². The Morgan fingerprint density at radius 1 is 1.40 bits per heavy atom. The van der Waals surface area contributed by atoms with Gasteiger partial charge in [0.05, 0.1) is 11.5 Å². The fourth-order valence-corrected chi connectivity index (χ4v) is 3.13. The third-order valence-electron chi connectivity index (χ3n) is 4.16. The molecule has 0 amide bonds. The fourth-order valence-electron chi connectivity index (χ4n) is 3.13. The summed E-state index contributed by atoms with van der Waals surface area (Å²) in [5, 5.41) is 14.1. The number of rotatable bonds is 3. The summed E-state index contributed by atoms with van der Waals surface area (Å²) in [6.07, 6.45) is 4.06. The van der Waals surface area contributed by atoms with E-state index in [0.29, 0.717) is 6.42 Å². The molecule has 102 valence electrons. The number of hydrogen-bond donors (Lipinski definition) is 0. The monoisotopic (exact) mass is 266 g/mol. The maximum atomic E-state index is 9.78. The molecule has 0 bridgehead atoms. The summed E-state index contributed by atoms with van der Waals surface area (Å²) >= 11 is 0. The van der Waals surface area contributed by atoms with Crippen LogP contribution in [-0.2, 0) is 18.3 Å². The van der Waals surface area contributed by atoms with Crippen molar-refractivity contribution < 1.29 is 0 Å². The molecule has 0 spiro atoms. The highest BCUT2D eigenvalue weighted by Crippen LogP contribution is 2.40. The molecule has 1 aliphatic carbocycles. The zero-order chi connectivity index (χ0) is 14.2. The lowest BCUT2D eigenvalue weighted by molar-refractivity contribution is 0.459. The zero-order valence-electron chi connectivity index (χ0n) is 11.9. The molecule has 2 aromatic rings. The van der Waals surface area contributed by atoms with Crippen LogP contribution in [0.4, 0.5) is 0 Å². The van der Waals surface area contributed by atoms with Crippen LogP contribution in [0, 0.1) is 11.3 Å². The van der Waals surface area contributed by atoms with E-state index in [1.165, 1.54) is 11.1 Å². The molecule has 0 radical (unpaired) electrons. The van der Waals surface area contributed by atoms with E-state index < -0.39 is 5.41 Å². The first kappa shape index (κ1) is 12.9. The smallest absolute Gasteiger partial charge is 0.138 e. The van der Waals surface area contributed by atoms with Crippen molar-refractivity contribution in [2.45, 2.75) is 44.6 Å². The molecule has 0 fully saturated rings. The first-order valence-corrected chi connectivity index (χ1v) is 7.04. The lowest BCUT2D eigenvalue weighted by Crippen LogP contribution is -2.26. The van der Waals surface area contributed by atoms with Gasteiger partial charge in [-0.25, -0.2) is 9.67 Å². The summed E-state index contributed by atoms with van der Waals surface area (Å²) in [5.74, 6) is 0.901. The van der Waals surface area contributed by atoms with Gasteiger partial charge in [-0.1, -0.05) is 24.3 Å². The largest absolute Gasteiger partial charge is 0.248 e. The Balaban J connectivity index is 2.01.